The fourth-order valence-corrected chi connectivity index (χ4v) is 5.20. The van der Waals surface area contributed by atoms with Crippen LogP contribution in [0.2, 0.25) is 0 Å². The Labute approximate surface area is 217 Å². The van der Waals surface area contributed by atoms with Gasteiger partial charge in [-0.25, -0.2) is 9.59 Å². The van der Waals surface area contributed by atoms with Gasteiger partial charge in [0.15, 0.2) is 0 Å². The molecule has 4 rings (SSSR count). The van der Waals surface area contributed by atoms with Gasteiger partial charge in [-0.3, -0.25) is 4.79 Å². The average Bonchev–Trinajstić information content (AvgIpc) is 2.85. The summed E-state index contributed by atoms with van der Waals surface area (Å²) in [5.74, 6) is 0.207. The lowest BCUT2D eigenvalue weighted by Crippen LogP contribution is -2.41. The maximum absolute atomic E-state index is 12.9. The van der Waals surface area contributed by atoms with Gasteiger partial charge in [0.25, 0.3) is 0 Å². The molecular weight excluding hydrogens is 474 g/mol. The van der Waals surface area contributed by atoms with Crippen LogP contribution in [0.25, 0.3) is 0 Å². The molecule has 2 aliphatic rings. The van der Waals surface area contributed by atoms with Crippen molar-refractivity contribution in [2.45, 2.75) is 58.6 Å². The first-order chi connectivity index (χ1) is 17.8. The van der Waals surface area contributed by atoms with Crippen molar-refractivity contribution in [3.63, 3.8) is 0 Å². The Hall–Kier alpha value is -3.75. The van der Waals surface area contributed by atoms with Crippen LogP contribution in [-0.4, -0.2) is 47.4 Å². The number of carbonyl (C=O) groups excluding carboxylic acids is 2. The number of amides is 3. The van der Waals surface area contributed by atoms with Crippen LogP contribution in [0.15, 0.2) is 42.5 Å². The van der Waals surface area contributed by atoms with Crippen molar-refractivity contribution in [2.75, 3.05) is 23.8 Å². The number of urea groups is 1. The Balaban J connectivity index is 1.29. The zero-order valence-electron chi connectivity index (χ0n) is 21.4. The number of rotatable bonds is 7. The minimum Gasteiger partial charge on any atom is -0.494 e. The highest BCUT2D eigenvalue weighted by molar-refractivity contribution is 5.99. The molecule has 198 valence electrons. The number of fused-ring (bicyclic) bond motifs is 1. The number of anilines is 2. The van der Waals surface area contributed by atoms with E-state index in [2.05, 4.69) is 10.6 Å². The Kier molecular flexibility index (Phi) is 8.53. The van der Waals surface area contributed by atoms with Gasteiger partial charge in [0, 0.05) is 37.0 Å². The summed E-state index contributed by atoms with van der Waals surface area (Å²) in [6, 6.07) is 12.6. The van der Waals surface area contributed by atoms with Gasteiger partial charge in [0.1, 0.15) is 11.9 Å². The van der Waals surface area contributed by atoms with Gasteiger partial charge in [-0.2, -0.15) is 0 Å². The standard InChI is InChI=1S/C28H35N3O6/c1-3-36-24-6-4-5-22(16-24)29-27(34)30-23-9-8-21-17-31(12-11-20(21)15-23)28(35)37-25-10-7-19(13-18(25)2)14-26(32)33/h4-6,8-9,15-16,18-19,25H,3,7,10-14,17H2,1-2H3,(H,32,33)(H2,29,30,34)/t18-,19+,25+/m0/s1. The second-order valence-electron chi connectivity index (χ2n) is 9.87. The molecule has 9 heteroatoms. The van der Waals surface area contributed by atoms with E-state index in [1.54, 1.807) is 17.0 Å². The highest BCUT2D eigenvalue weighted by atomic mass is 16.6. The summed E-state index contributed by atoms with van der Waals surface area (Å²) in [6.07, 6.45) is 2.55. The van der Waals surface area contributed by atoms with Crippen molar-refractivity contribution in [3.8, 4) is 5.75 Å². The highest BCUT2D eigenvalue weighted by Crippen LogP contribution is 2.34. The fourth-order valence-electron chi connectivity index (χ4n) is 5.20. The van der Waals surface area contributed by atoms with E-state index in [9.17, 15) is 14.4 Å². The summed E-state index contributed by atoms with van der Waals surface area (Å²) >= 11 is 0. The smallest absolute Gasteiger partial charge is 0.410 e. The number of nitrogens with one attached hydrogen (secondary N) is 2. The highest BCUT2D eigenvalue weighted by Gasteiger charge is 2.33. The Bertz CT molecular complexity index is 1140. The Morgan fingerprint density at radius 3 is 2.57 bits per heavy atom. The number of carboxylic acids is 1. The molecule has 2 aromatic carbocycles. The lowest BCUT2D eigenvalue weighted by atomic mass is 9.79. The van der Waals surface area contributed by atoms with Gasteiger partial charge >= 0.3 is 18.1 Å². The van der Waals surface area contributed by atoms with Crippen molar-refractivity contribution < 1.29 is 29.0 Å². The predicted octanol–water partition coefficient (Wildman–Crippen LogP) is 5.50. The third-order valence-electron chi connectivity index (χ3n) is 7.05. The maximum atomic E-state index is 12.9. The molecular formula is C28H35N3O6. The van der Waals surface area contributed by atoms with E-state index in [0.29, 0.717) is 49.7 Å². The van der Waals surface area contributed by atoms with Gasteiger partial charge in [-0.05, 0) is 79.8 Å². The van der Waals surface area contributed by atoms with Gasteiger partial charge in [0.2, 0.25) is 0 Å². The number of hydrogen-bond acceptors (Lipinski definition) is 5. The fraction of sp³-hybridized carbons (Fsp3) is 0.464. The van der Waals surface area contributed by atoms with Gasteiger partial charge in [0.05, 0.1) is 6.61 Å². The van der Waals surface area contributed by atoms with Crippen molar-refractivity contribution in [1.29, 1.82) is 0 Å². The van der Waals surface area contributed by atoms with Crippen LogP contribution >= 0.6 is 0 Å². The molecule has 37 heavy (non-hydrogen) atoms. The van der Waals surface area contributed by atoms with E-state index in [-0.39, 0.29) is 36.5 Å². The number of carboxylic acid groups (broad SMARTS) is 1. The van der Waals surface area contributed by atoms with E-state index >= 15 is 0 Å². The van der Waals surface area contributed by atoms with Crippen LogP contribution in [0.4, 0.5) is 21.0 Å². The largest absolute Gasteiger partial charge is 0.494 e. The molecule has 3 amide bonds. The summed E-state index contributed by atoms with van der Waals surface area (Å²) in [4.78, 5) is 38.1. The van der Waals surface area contributed by atoms with E-state index in [4.69, 9.17) is 14.6 Å². The number of benzene rings is 2. The van der Waals surface area contributed by atoms with Crippen LogP contribution in [-0.2, 0) is 22.5 Å². The average molecular weight is 510 g/mol. The topological polar surface area (TPSA) is 117 Å². The van der Waals surface area contributed by atoms with E-state index in [0.717, 1.165) is 24.0 Å². The van der Waals surface area contributed by atoms with E-state index in [1.807, 2.05) is 44.2 Å². The van der Waals surface area contributed by atoms with Crippen LogP contribution < -0.4 is 15.4 Å². The lowest BCUT2D eigenvalue weighted by Gasteiger charge is -2.35. The first kappa shape index (κ1) is 26.3. The van der Waals surface area contributed by atoms with Crippen molar-refractivity contribution in [3.05, 3.63) is 53.6 Å². The Morgan fingerprint density at radius 2 is 1.84 bits per heavy atom. The number of nitrogens with zero attached hydrogens (tertiary/aromatic N) is 1. The third-order valence-corrected chi connectivity index (χ3v) is 7.05. The van der Waals surface area contributed by atoms with E-state index < -0.39 is 5.97 Å². The minimum atomic E-state index is -0.772. The molecule has 2 aromatic rings. The van der Waals surface area contributed by atoms with Gasteiger partial charge in [-0.1, -0.05) is 19.1 Å². The van der Waals surface area contributed by atoms with Crippen LogP contribution in [0.1, 0.15) is 50.7 Å². The van der Waals surface area contributed by atoms with Crippen LogP contribution in [0.5, 0.6) is 5.75 Å². The molecule has 1 aliphatic carbocycles. The summed E-state index contributed by atoms with van der Waals surface area (Å²) in [7, 11) is 0. The van der Waals surface area contributed by atoms with Crippen molar-refractivity contribution in [1.82, 2.24) is 4.90 Å². The molecule has 3 atom stereocenters. The second-order valence-corrected chi connectivity index (χ2v) is 9.87. The SMILES string of the molecule is CCOc1cccc(NC(=O)Nc2ccc3c(c2)CCN(C(=O)O[C@@H]2CC[C@@H](CC(=O)O)C[C@@H]2C)C3)c1. The van der Waals surface area contributed by atoms with Crippen LogP contribution in [0, 0.1) is 11.8 Å². The molecule has 9 nitrogen and oxygen atoms in total. The molecule has 0 radical (unpaired) electrons. The molecule has 0 unspecified atom stereocenters. The summed E-state index contributed by atoms with van der Waals surface area (Å²) in [6.45, 7) is 5.47. The summed E-state index contributed by atoms with van der Waals surface area (Å²) in [5.41, 5.74) is 3.43. The normalized spacial score (nSPS) is 20.9. The first-order valence-electron chi connectivity index (χ1n) is 12.9. The molecule has 0 aromatic heterocycles. The predicted molar refractivity (Wildman–Crippen MR) is 140 cm³/mol. The van der Waals surface area contributed by atoms with E-state index in [1.165, 1.54) is 0 Å². The van der Waals surface area contributed by atoms with Gasteiger partial charge < -0.3 is 30.1 Å². The molecule has 0 bridgehead atoms. The second kappa shape index (κ2) is 12.0. The third kappa shape index (κ3) is 7.15. The van der Waals surface area contributed by atoms with Crippen LogP contribution in [0.3, 0.4) is 0 Å². The zero-order chi connectivity index (χ0) is 26.4. The quantitative estimate of drug-likeness (QED) is 0.454. The molecule has 1 aliphatic heterocycles. The lowest BCUT2D eigenvalue weighted by molar-refractivity contribution is -0.138. The molecule has 3 N–H and O–H groups in total. The number of carbonyl (C=O) groups is 3. The van der Waals surface area contributed by atoms with Crippen molar-refractivity contribution in [2.24, 2.45) is 11.8 Å². The minimum absolute atomic E-state index is 0.139. The summed E-state index contributed by atoms with van der Waals surface area (Å²) in [5, 5.41) is 14.7. The van der Waals surface area contributed by atoms with Crippen molar-refractivity contribution >= 4 is 29.5 Å². The summed E-state index contributed by atoms with van der Waals surface area (Å²) < 4.78 is 11.3. The molecule has 1 heterocycles. The maximum Gasteiger partial charge on any atom is 0.410 e. The number of aliphatic carboxylic acids is 1. The molecule has 0 saturated heterocycles. The Morgan fingerprint density at radius 1 is 1.05 bits per heavy atom. The number of ether oxygens (including phenoxy) is 2. The molecule has 1 saturated carbocycles. The molecule has 1 fully saturated rings. The van der Waals surface area contributed by atoms with Gasteiger partial charge in [-0.15, -0.1) is 0 Å². The zero-order valence-corrected chi connectivity index (χ0v) is 21.4. The molecule has 0 spiro atoms. The number of hydrogen-bond donors (Lipinski definition) is 3. The first-order valence-corrected chi connectivity index (χ1v) is 12.9. The monoisotopic (exact) mass is 509 g/mol.